The lowest BCUT2D eigenvalue weighted by molar-refractivity contribution is -0.149. The lowest BCUT2D eigenvalue weighted by Crippen LogP contribution is -2.59. The van der Waals surface area contributed by atoms with Crippen LogP contribution >= 0.6 is 0 Å². The summed E-state index contributed by atoms with van der Waals surface area (Å²) >= 11 is 0. The van der Waals surface area contributed by atoms with Gasteiger partial charge in [-0.15, -0.1) is 0 Å². The molecular weight excluding hydrogens is 526 g/mol. The first-order chi connectivity index (χ1) is 19.3. The molecule has 2 saturated heterocycles. The second-order valence-electron chi connectivity index (χ2n) is 12.7. The molecule has 2 heterocycles. The minimum atomic E-state index is -1.36. The third kappa shape index (κ3) is 10.2. The predicted octanol–water partition coefficient (Wildman–Crippen LogP) is 3.41. The third-order valence-corrected chi connectivity index (χ3v) is 8.53. The van der Waals surface area contributed by atoms with Crippen molar-refractivity contribution in [1.29, 1.82) is 0 Å². The van der Waals surface area contributed by atoms with Crippen LogP contribution in [-0.4, -0.2) is 88.4 Å². The maximum atomic E-state index is 13.3. The molecule has 3 atom stereocenters. The topological polar surface area (TPSA) is 148 Å². The quantitative estimate of drug-likeness (QED) is 0.219. The van der Waals surface area contributed by atoms with Gasteiger partial charge >= 0.3 is 12.0 Å². The first-order valence-corrected chi connectivity index (χ1v) is 15.5. The molecule has 2 fully saturated rings. The van der Waals surface area contributed by atoms with E-state index >= 15 is 0 Å². The molecule has 0 bridgehead atoms. The number of likely N-dealkylation sites (tertiary alicyclic amines) is 2. The zero-order valence-corrected chi connectivity index (χ0v) is 25.9. The summed E-state index contributed by atoms with van der Waals surface area (Å²) in [6.07, 6.45) is 8.83. The third-order valence-electron chi connectivity index (χ3n) is 8.53. The largest absolute Gasteiger partial charge is 0.480 e. The predicted molar refractivity (Wildman–Crippen MR) is 157 cm³/mol. The highest BCUT2D eigenvalue weighted by Crippen LogP contribution is 2.25. The molecule has 4 N–H and O–H groups in total. The van der Waals surface area contributed by atoms with Gasteiger partial charge in [0.2, 0.25) is 17.7 Å². The summed E-state index contributed by atoms with van der Waals surface area (Å²) in [6.45, 7) is 11.0. The van der Waals surface area contributed by atoms with Crippen LogP contribution < -0.4 is 16.0 Å². The number of carbonyl (C=O) groups is 5. The monoisotopic (exact) mass is 579 g/mol. The van der Waals surface area contributed by atoms with E-state index in [1.807, 2.05) is 20.8 Å². The Labute approximate surface area is 245 Å². The summed E-state index contributed by atoms with van der Waals surface area (Å²) in [5.41, 5.74) is -1.68. The zero-order chi connectivity index (χ0) is 30.6. The molecule has 0 aliphatic carbocycles. The van der Waals surface area contributed by atoms with Crippen molar-refractivity contribution in [2.75, 3.05) is 26.2 Å². The molecule has 234 valence electrons. The van der Waals surface area contributed by atoms with Gasteiger partial charge in [-0.05, 0) is 43.9 Å². The van der Waals surface area contributed by atoms with Gasteiger partial charge in [0, 0.05) is 26.1 Å². The average molecular weight is 580 g/mol. The Bertz CT molecular complexity index is 920. The van der Waals surface area contributed by atoms with Crippen LogP contribution in [0, 0.1) is 5.41 Å². The minimum absolute atomic E-state index is 0.0905. The summed E-state index contributed by atoms with van der Waals surface area (Å²) < 4.78 is 0. The van der Waals surface area contributed by atoms with Gasteiger partial charge in [0.05, 0.1) is 12.6 Å². The lowest BCUT2D eigenvalue weighted by atomic mass is 9.86. The van der Waals surface area contributed by atoms with Crippen LogP contribution in [0.5, 0.6) is 0 Å². The highest BCUT2D eigenvalue weighted by molar-refractivity contribution is 5.93. The van der Waals surface area contributed by atoms with Gasteiger partial charge in [-0.1, -0.05) is 66.7 Å². The second kappa shape index (κ2) is 16.0. The standard InChI is InChI=1S/C30H53N5O6/c1-6-8-9-10-12-17-30(7-2,27(39)40)33-26(38)22-15-14-19-35(22)25(37)20-31-28(41)32-23(29(3,4)5)21-34-18-13-11-16-24(34)36/h22-23H,6-21H2,1-5H3,(H,33,38)(H,39,40)(H2,31,32,41)/t22-,23+,30+/m0/s1. The van der Waals surface area contributed by atoms with Gasteiger partial charge in [-0.3, -0.25) is 14.4 Å². The van der Waals surface area contributed by atoms with Crippen LogP contribution in [0.4, 0.5) is 4.79 Å². The molecule has 0 radical (unpaired) electrons. The fourth-order valence-electron chi connectivity index (χ4n) is 5.60. The van der Waals surface area contributed by atoms with Crippen molar-refractivity contribution in [1.82, 2.24) is 25.8 Å². The molecule has 11 heteroatoms. The van der Waals surface area contributed by atoms with E-state index in [9.17, 15) is 29.1 Å². The summed E-state index contributed by atoms with van der Waals surface area (Å²) in [5, 5.41) is 18.3. The normalized spacial score (nSPS) is 19.8. The van der Waals surface area contributed by atoms with Crippen LogP contribution in [-0.2, 0) is 19.2 Å². The molecule has 2 aliphatic heterocycles. The Balaban J connectivity index is 1.95. The van der Waals surface area contributed by atoms with E-state index in [-0.39, 0.29) is 30.3 Å². The molecule has 2 rings (SSSR count). The molecule has 0 aromatic rings. The van der Waals surface area contributed by atoms with Crippen molar-refractivity contribution in [2.45, 2.75) is 129 Å². The number of urea groups is 1. The number of nitrogens with zero attached hydrogens (tertiary/aromatic N) is 2. The van der Waals surface area contributed by atoms with Crippen LogP contribution in [0.3, 0.4) is 0 Å². The van der Waals surface area contributed by atoms with E-state index in [4.69, 9.17) is 0 Å². The van der Waals surface area contributed by atoms with Crippen molar-refractivity contribution < 1.29 is 29.1 Å². The SMILES string of the molecule is CCCCCCC[C@@](CC)(NC(=O)[C@@H]1CCCN1C(=O)CNC(=O)N[C@H](CN1CCCCC1=O)C(C)(C)C)C(=O)O. The number of piperidine rings is 1. The zero-order valence-electron chi connectivity index (χ0n) is 25.9. The molecule has 11 nitrogen and oxygen atoms in total. The fraction of sp³-hybridized carbons (Fsp3) is 0.833. The molecule has 41 heavy (non-hydrogen) atoms. The summed E-state index contributed by atoms with van der Waals surface area (Å²) in [6, 6.07) is -1.60. The van der Waals surface area contributed by atoms with Crippen LogP contribution in [0.1, 0.15) is 112 Å². The van der Waals surface area contributed by atoms with E-state index in [0.29, 0.717) is 51.7 Å². The number of hydrogen-bond donors (Lipinski definition) is 4. The van der Waals surface area contributed by atoms with Gasteiger partial charge < -0.3 is 30.9 Å². The number of rotatable bonds is 15. The molecule has 0 spiro atoms. The number of carboxylic acids is 1. The minimum Gasteiger partial charge on any atom is -0.480 e. The van der Waals surface area contributed by atoms with Gasteiger partial charge in [0.15, 0.2) is 0 Å². The Morgan fingerprint density at radius 3 is 2.32 bits per heavy atom. The fourth-order valence-corrected chi connectivity index (χ4v) is 5.60. The molecular formula is C30H53N5O6. The van der Waals surface area contributed by atoms with Crippen molar-refractivity contribution in [3.05, 3.63) is 0 Å². The Morgan fingerprint density at radius 1 is 1.00 bits per heavy atom. The Hall–Kier alpha value is -2.85. The van der Waals surface area contributed by atoms with Crippen molar-refractivity contribution in [3.63, 3.8) is 0 Å². The van der Waals surface area contributed by atoms with Gasteiger partial charge in [0.1, 0.15) is 11.6 Å². The maximum absolute atomic E-state index is 13.3. The van der Waals surface area contributed by atoms with Crippen molar-refractivity contribution in [3.8, 4) is 0 Å². The molecule has 0 aromatic heterocycles. The summed E-state index contributed by atoms with van der Waals surface area (Å²) in [7, 11) is 0. The molecule has 2 aliphatic rings. The van der Waals surface area contributed by atoms with E-state index in [1.165, 1.54) is 4.90 Å². The number of carbonyl (C=O) groups excluding carboxylic acids is 4. The van der Waals surface area contributed by atoms with E-state index in [2.05, 4.69) is 22.9 Å². The van der Waals surface area contributed by atoms with Gasteiger partial charge in [0.25, 0.3) is 0 Å². The molecule has 0 aromatic carbocycles. The second-order valence-corrected chi connectivity index (χ2v) is 12.7. The van der Waals surface area contributed by atoms with E-state index < -0.39 is 35.4 Å². The number of unbranched alkanes of at least 4 members (excludes halogenated alkanes) is 4. The number of hydrogen-bond acceptors (Lipinski definition) is 5. The summed E-state index contributed by atoms with van der Waals surface area (Å²) in [4.78, 5) is 66.9. The molecule has 0 unspecified atom stereocenters. The Kier molecular flexibility index (Phi) is 13.4. The van der Waals surface area contributed by atoms with E-state index in [0.717, 1.165) is 38.5 Å². The van der Waals surface area contributed by atoms with Gasteiger partial charge in [-0.25, -0.2) is 9.59 Å². The smallest absolute Gasteiger partial charge is 0.329 e. The first-order valence-electron chi connectivity index (χ1n) is 15.5. The van der Waals surface area contributed by atoms with Crippen LogP contribution in [0.25, 0.3) is 0 Å². The molecule has 5 amide bonds. The van der Waals surface area contributed by atoms with Crippen molar-refractivity contribution in [2.24, 2.45) is 5.41 Å². The van der Waals surface area contributed by atoms with Crippen molar-refractivity contribution >= 4 is 29.7 Å². The first kappa shape index (κ1) is 34.4. The highest BCUT2D eigenvalue weighted by atomic mass is 16.4. The highest BCUT2D eigenvalue weighted by Gasteiger charge is 2.42. The van der Waals surface area contributed by atoms with Gasteiger partial charge in [-0.2, -0.15) is 0 Å². The number of amides is 5. The average Bonchev–Trinajstić information content (AvgIpc) is 3.41. The molecule has 0 saturated carbocycles. The van der Waals surface area contributed by atoms with E-state index in [1.54, 1.807) is 11.8 Å². The maximum Gasteiger partial charge on any atom is 0.329 e. The summed E-state index contributed by atoms with van der Waals surface area (Å²) in [5.74, 6) is -1.82. The lowest BCUT2D eigenvalue weighted by Gasteiger charge is -2.37. The number of aliphatic carboxylic acids is 1. The number of nitrogens with one attached hydrogen (secondary N) is 3. The van der Waals surface area contributed by atoms with Crippen LogP contribution in [0.2, 0.25) is 0 Å². The number of carboxylic acid groups (broad SMARTS) is 1. The Morgan fingerprint density at radius 2 is 1.71 bits per heavy atom. The van der Waals surface area contributed by atoms with Crippen LogP contribution in [0.15, 0.2) is 0 Å².